The molecule has 0 saturated carbocycles. The number of aryl methyl sites for hydroxylation is 3. The fourth-order valence-corrected chi connectivity index (χ4v) is 3.44. The number of nitrogen functional groups attached to an aromatic ring is 1. The van der Waals surface area contributed by atoms with Gasteiger partial charge in [-0.25, -0.2) is 24.3 Å². The lowest BCUT2D eigenvalue weighted by Gasteiger charge is -2.27. The van der Waals surface area contributed by atoms with Gasteiger partial charge >= 0.3 is 0 Å². The molecular formula is C20H19FN6O. The van der Waals surface area contributed by atoms with Crippen LogP contribution in [-0.2, 0) is 6.42 Å². The summed E-state index contributed by atoms with van der Waals surface area (Å²) in [4.78, 5) is 29.8. The van der Waals surface area contributed by atoms with E-state index in [0.717, 1.165) is 16.8 Å². The molecular weight excluding hydrogens is 359 g/mol. The maximum absolute atomic E-state index is 14.0. The predicted molar refractivity (Wildman–Crippen MR) is 102 cm³/mol. The fourth-order valence-electron chi connectivity index (χ4n) is 3.44. The standard InChI is InChI=1S/C20H19FN6O/c1-9-8-23-18(24-10(9)2)14-6-12(21)4-5-13(14)15-7-16-17(19(28)26-15)11(3)25-20(22)27-16/h4-6,8,15H,7H2,1-3H3,(H,26,28)(H2,22,25,27). The molecule has 0 radical (unpaired) electrons. The average molecular weight is 378 g/mol. The lowest BCUT2D eigenvalue weighted by Crippen LogP contribution is -2.37. The first-order valence-corrected chi connectivity index (χ1v) is 8.87. The summed E-state index contributed by atoms with van der Waals surface area (Å²) in [6.07, 6.45) is 2.12. The van der Waals surface area contributed by atoms with Crippen molar-refractivity contribution in [3.05, 3.63) is 64.0 Å². The highest BCUT2D eigenvalue weighted by molar-refractivity contribution is 5.98. The summed E-state index contributed by atoms with van der Waals surface area (Å²) in [6.45, 7) is 5.51. The first kappa shape index (κ1) is 18.0. The molecule has 0 bridgehead atoms. The van der Waals surface area contributed by atoms with Gasteiger partial charge in [0.25, 0.3) is 5.91 Å². The van der Waals surface area contributed by atoms with E-state index in [1.807, 2.05) is 13.8 Å². The SMILES string of the molecule is Cc1cnc(-c2cc(F)ccc2C2Cc3nc(N)nc(C)c3C(=O)N2)nc1C. The highest BCUT2D eigenvalue weighted by Gasteiger charge is 2.31. The van der Waals surface area contributed by atoms with E-state index in [-0.39, 0.29) is 11.9 Å². The minimum absolute atomic E-state index is 0.126. The topological polar surface area (TPSA) is 107 Å². The Morgan fingerprint density at radius 1 is 1.14 bits per heavy atom. The van der Waals surface area contributed by atoms with Gasteiger partial charge in [-0.2, -0.15) is 0 Å². The van der Waals surface area contributed by atoms with Crippen molar-refractivity contribution in [2.45, 2.75) is 33.2 Å². The van der Waals surface area contributed by atoms with E-state index in [9.17, 15) is 9.18 Å². The van der Waals surface area contributed by atoms with Crippen LogP contribution in [0.5, 0.6) is 0 Å². The Bertz CT molecular complexity index is 1110. The molecule has 0 saturated heterocycles. The molecule has 4 rings (SSSR count). The maximum atomic E-state index is 14.0. The maximum Gasteiger partial charge on any atom is 0.255 e. The minimum Gasteiger partial charge on any atom is -0.368 e. The van der Waals surface area contributed by atoms with E-state index in [1.54, 1.807) is 19.2 Å². The van der Waals surface area contributed by atoms with Gasteiger partial charge < -0.3 is 11.1 Å². The number of nitrogens with one attached hydrogen (secondary N) is 1. The first-order valence-electron chi connectivity index (χ1n) is 8.87. The fraction of sp³-hybridized carbons (Fsp3) is 0.250. The monoisotopic (exact) mass is 378 g/mol. The average Bonchev–Trinajstić information content (AvgIpc) is 2.63. The second-order valence-corrected chi connectivity index (χ2v) is 6.91. The Balaban J connectivity index is 1.82. The number of fused-ring (bicyclic) bond motifs is 1. The predicted octanol–water partition coefficient (Wildman–Crippen LogP) is 2.61. The number of aromatic nitrogens is 4. The van der Waals surface area contributed by atoms with Gasteiger partial charge in [0.05, 0.1) is 23.0 Å². The van der Waals surface area contributed by atoms with Crippen molar-refractivity contribution in [3.63, 3.8) is 0 Å². The smallest absolute Gasteiger partial charge is 0.255 e. The third-order valence-corrected chi connectivity index (χ3v) is 4.97. The minimum atomic E-state index is -0.408. The summed E-state index contributed by atoms with van der Waals surface area (Å²) in [5.41, 5.74) is 10.3. The van der Waals surface area contributed by atoms with Crippen molar-refractivity contribution in [1.82, 2.24) is 25.3 Å². The number of carbonyl (C=O) groups excluding carboxylic acids is 1. The van der Waals surface area contributed by atoms with Crippen LogP contribution >= 0.6 is 0 Å². The number of rotatable bonds is 2. The van der Waals surface area contributed by atoms with Crippen LogP contribution in [0, 0.1) is 26.6 Å². The summed E-state index contributed by atoms with van der Waals surface area (Å²) in [7, 11) is 0. The molecule has 1 amide bonds. The van der Waals surface area contributed by atoms with Gasteiger partial charge in [0.15, 0.2) is 5.82 Å². The number of hydrogen-bond acceptors (Lipinski definition) is 6. The van der Waals surface area contributed by atoms with Crippen LogP contribution in [0.25, 0.3) is 11.4 Å². The van der Waals surface area contributed by atoms with E-state index >= 15 is 0 Å². The molecule has 0 fully saturated rings. The number of anilines is 1. The van der Waals surface area contributed by atoms with E-state index < -0.39 is 11.9 Å². The van der Waals surface area contributed by atoms with Crippen LogP contribution < -0.4 is 11.1 Å². The second kappa shape index (κ2) is 6.63. The Kier molecular flexibility index (Phi) is 4.26. The van der Waals surface area contributed by atoms with Gasteiger partial charge in [-0.1, -0.05) is 6.07 Å². The Labute approximate surface area is 161 Å². The van der Waals surface area contributed by atoms with Crippen molar-refractivity contribution in [3.8, 4) is 11.4 Å². The van der Waals surface area contributed by atoms with E-state index in [4.69, 9.17) is 5.73 Å². The van der Waals surface area contributed by atoms with Crippen molar-refractivity contribution in [1.29, 1.82) is 0 Å². The molecule has 28 heavy (non-hydrogen) atoms. The molecule has 3 heterocycles. The highest BCUT2D eigenvalue weighted by atomic mass is 19.1. The van der Waals surface area contributed by atoms with Gasteiger partial charge in [-0.3, -0.25) is 4.79 Å². The van der Waals surface area contributed by atoms with Gasteiger partial charge in [0, 0.05) is 23.9 Å². The van der Waals surface area contributed by atoms with Gasteiger partial charge in [0.1, 0.15) is 5.82 Å². The lowest BCUT2D eigenvalue weighted by atomic mass is 9.91. The molecule has 7 nitrogen and oxygen atoms in total. The Morgan fingerprint density at radius 3 is 2.68 bits per heavy atom. The molecule has 3 N–H and O–H groups in total. The third kappa shape index (κ3) is 3.06. The van der Waals surface area contributed by atoms with E-state index in [0.29, 0.717) is 34.8 Å². The molecule has 1 aromatic carbocycles. The number of nitrogens with two attached hydrogens (primary N) is 1. The zero-order chi connectivity index (χ0) is 20.0. The summed E-state index contributed by atoms with van der Waals surface area (Å²) >= 11 is 0. The normalized spacial score (nSPS) is 15.9. The largest absolute Gasteiger partial charge is 0.368 e. The van der Waals surface area contributed by atoms with Crippen molar-refractivity contribution < 1.29 is 9.18 Å². The molecule has 2 aromatic heterocycles. The van der Waals surface area contributed by atoms with E-state index in [1.165, 1.54) is 12.1 Å². The van der Waals surface area contributed by atoms with Crippen LogP contribution in [0.1, 0.15) is 44.6 Å². The second-order valence-electron chi connectivity index (χ2n) is 6.91. The van der Waals surface area contributed by atoms with Crippen LogP contribution in [0.4, 0.5) is 10.3 Å². The molecule has 1 aliphatic heterocycles. The molecule has 0 spiro atoms. The summed E-state index contributed by atoms with van der Waals surface area (Å²) < 4.78 is 14.0. The molecule has 1 atom stereocenters. The number of amides is 1. The van der Waals surface area contributed by atoms with Gasteiger partial charge in [0.2, 0.25) is 5.95 Å². The van der Waals surface area contributed by atoms with Crippen molar-refractivity contribution in [2.75, 3.05) is 5.73 Å². The van der Waals surface area contributed by atoms with Crippen LogP contribution in [0.15, 0.2) is 24.4 Å². The van der Waals surface area contributed by atoms with Crippen LogP contribution in [0.3, 0.4) is 0 Å². The number of carbonyl (C=O) groups is 1. The van der Waals surface area contributed by atoms with E-state index in [2.05, 4.69) is 25.3 Å². The zero-order valence-corrected chi connectivity index (χ0v) is 15.7. The number of nitrogens with zero attached hydrogens (tertiary/aromatic N) is 4. The quantitative estimate of drug-likeness (QED) is 0.710. The number of hydrogen-bond donors (Lipinski definition) is 2. The zero-order valence-electron chi connectivity index (χ0n) is 15.7. The van der Waals surface area contributed by atoms with Crippen LogP contribution in [-0.4, -0.2) is 25.8 Å². The molecule has 0 aliphatic carbocycles. The summed E-state index contributed by atoms with van der Waals surface area (Å²) in [5.74, 6) is -0.136. The molecule has 1 aliphatic rings. The number of halogens is 1. The number of benzene rings is 1. The molecule has 3 aromatic rings. The molecule has 142 valence electrons. The summed E-state index contributed by atoms with van der Waals surface area (Å²) in [5, 5.41) is 2.97. The van der Waals surface area contributed by atoms with Crippen LogP contribution in [0.2, 0.25) is 0 Å². The first-order chi connectivity index (χ1) is 13.3. The highest BCUT2D eigenvalue weighted by Crippen LogP contribution is 2.32. The van der Waals surface area contributed by atoms with Gasteiger partial charge in [-0.15, -0.1) is 0 Å². The third-order valence-electron chi connectivity index (χ3n) is 4.97. The Morgan fingerprint density at radius 2 is 1.93 bits per heavy atom. The summed E-state index contributed by atoms with van der Waals surface area (Å²) in [6, 6.07) is 3.99. The lowest BCUT2D eigenvalue weighted by molar-refractivity contribution is 0.0922. The van der Waals surface area contributed by atoms with Gasteiger partial charge in [-0.05, 0) is 44.0 Å². The molecule has 1 unspecified atom stereocenters. The molecule has 8 heteroatoms. The van der Waals surface area contributed by atoms with Crippen molar-refractivity contribution in [2.24, 2.45) is 0 Å². The Hall–Kier alpha value is -3.42. The van der Waals surface area contributed by atoms with Crippen molar-refractivity contribution >= 4 is 11.9 Å².